The smallest absolute Gasteiger partial charge is 0.230 e. The summed E-state index contributed by atoms with van der Waals surface area (Å²) in [6.07, 6.45) is 3.55. The van der Waals surface area contributed by atoms with E-state index in [0.717, 1.165) is 11.1 Å². The van der Waals surface area contributed by atoms with Crippen molar-refractivity contribution in [3.8, 4) is 0 Å². The van der Waals surface area contributed by atoms with E-state index in [1.54, 1.807) is 4.90 Å². The number of rotatable bonds is 5. The Morgan fingerprint density at radius 3 is 2.77 bits per heavy atom. The van der Waals surface area contributed by atoms with Gasteiger partial charge in [-0.25, -0.2) is 0 Å². The number of aryl methyl sites for hydroxylation is 1. The topological polar surface area (TPSA) is 58.6 Å². The number of ether oxygens (including phenoxy) is 1. The zero-order valence-electron chi connectivity index (χ0n) is 16.7. The summed E-state index contributed by atoms with van der Waals surface area (Å²) in [4.78, 5) is 28.1. The number of halogens is 1. The minimum Gasteiger partial charge on any atom is -0.360 e. The van der Waals surface area contributed by atoms with Crippen molar-refractivity contribution in [2.75, 3.05) is 6.54 Å². The summed E-state index contributed by atoms with van der Waals surface area (Å²) in [6.45, 7) is 3.32. The first kappa shape index (κ1) is 19.3. The average molecular weight is 423 g/mol. The monoisotopic (exact) mass is 422 g/mol. The maximum atomic E-state index is 13.3. The fourth-order valence-corrected chi connectivity index (χ4v) is 5.05. The van der Waals surface area contributed by atoms with Crippen molar-refractivity contribution >= 4 is 23.4 Å². The number of hydrogen-bond donors (Lipinski definition) is 1. The van der Waals surface area contributed by atoms with Gasteiger partial charge >= 0.3 is 0 Å². The Morgan fingerprint density at radius 1 is 1.23 bits per heavy atom. The van der Waals surface area contributed by atoms with Gasteiger partial charge in [-0.3, -0.25) is 9.59 Å². The van der Waals surface area contributed by atoms with Crippen molar-refractivity contribution in [1.82, 2.24) is 10.2 Å². The van der Waals surface area contributed by atoms with E-state index in [4.69, 9.17) is 16.3 Å². The van der Waals surface area contributed by atoms with E-state index in [2.05, 4.69) is 5.32 Å². The molecule has 5 nitrogen and oxygen atoms in total. The van der Waals surface area contributed by atoms with Crippen molar-refractivity contribution in [2.45, 2.75) is 31.7 Å². The molecule has 2 amide bonds. The van der Waals surface area contributed by atoms with E-state index >= 15 is 0 Å². The number of carbonyl (C=O) groups excluding carboxylic acids is 2. The van der Waals surface area contributed by atoms with Crippen molar-refractivity contribution in [2.24, 2.45) is 11.8 Å². The summed E-state index contributed by atoms with van der Waals surface area (Å²) in [7, 11) is 0. The Morgan fingerprint density at radius 2 is 2.00 bits per heavy atom. The molecule has 2 bridgehead atoms. The molecule has 0 saturated carbocycles. The average Bonchev–Trinajstić information content (AvgIpc) is 3.37. The third kappa shape index (κ3) is 3.13. The molecule has 0 radical (unpaired) electrons. The van der Waals surface area contributed by atoms with Crippen LogP contribution in [-0.2, 0) is 27.4 Å². The molecule has 2 saturated heterocycles. The molecule has 30 heavy (non-hydrogen) atoms. The summed E-state index contributed by atoms with van der Waals surface area (Å²) < 4.78 is 6.19. The molecule has 2 aromatic carbocycles. The van der Waals surface area contributed by atoms with Gasteiger partial charge in [-0.2, -0.15) is 0 Å². The maximum Gasteiger partial charge on any atom is 0.230 e. The highest BCUT2D eigenvalue weighted by atomic mass is 35.5. The highest BCUT2D eigenvalue weighted by molar-refractivity contribution is 6.31. The van der Waals surface area contributed by atoms with E-state index in [1.165, 1.54) is 5.56 Å². The molecular weight excluding hydrogens is 400 g/mol. The first-order valence-electron chi connectivity index (χ1n) is 10.2. The fourth-order valence-electron chi connectivity index (χ4n) is 4.86. The number of amides is 2. The zero-order valence-corrected chi connectivity index (χ0v) is 17.4. The van der Waals surface area contributed by atoms with Crippen molar-refractivity contribution in [3.63, 3.8) is 0 Å². The number of likely N-dealkylation sites (tertiary alicyclic amines) is 1. The molecule has 0 aromatic heterocycles. The molecule has 3 aliphatic heterocycles. The van der Waals surface area contributed by atoms with E-state index in [1.807, 2.05) is 67.6 Å². The highest BCUT2D eigenvalue weighted by Crippen LogP contribution is 2.52. The van der Waals surface area contributed by atoms with E-state index in [9.17, 15) is 9.59 Å². The first-order valence-corrected chi connectivity index (χ1v) is 10.6. The van der Waals surface area contributed by atoms with Crippen molar-refractivity contribution < 1.29 is 14.3 Å². The number of carbonyl (C=O) groups is 2. The Bertz CT molecular complexity index is 1040. The van der Waals surface area contributed by atoms with Gasteiger partial charge in [0.25, 0.3) is 0 Å². The molecule has 1 N–H and O–H groups in total. The van der Waals surface area contributed by atoms with Crippen LogP contribution in [0.15, 0.2) is 60.7 Å². The van der Waals surface area contributed by atoms with Gasteiger partial charge in [-0.1, -0.05) is 71.8 Å². The quantitative estimate of drug-likeness (QED) is 0.752. The zero-order chi connectivity index (χ0) is 20.9. The molecule has 4 atom stereocenters. The second-order valence-corrected chi connectivity index (χ2v) is 8.80. The van der Waals surface area contributed by atoms with Gasteiger partial charge in [0.2, 0.25) is 11.8 Å². The molecule has 0 unspecified atom stereocenters. The lowest BCUT2D eigenvalue weighted by molar-refractivity contribution is -0.137. The summed E-state index contributed by atoms with van der Waals surface area (Å²) >= 11 is 6.29. The van der Waals surface area contributed by atoms with Gasteiger partial charge in [-0.15, -0.1) is 0 Å². The summed E-state index contributed by atoms with van der Waals surface area (Å²) in [6, 6.07) is 15.6. The minimum atomic E-state index is -0.713. The minimum absolute atomic E-state index is 0.0442. The van der Waals surface area contributed by atoms with Gasteiger partial charge < -0.3 is 15.0 Å². The van der Waals surface area contributed by atoms with Crippen molar-refractivity contribution in [3.05, 3.63) is 82.4 Å². The van der Waals surface area contributed by atoms with Crippen LogP contribution in [0, 0.1) is 18.8 Å². The molecule has 5 rings (SSSR count). The second kappa shape index (κ2) is 7.25. The van der Waals surface area contributed by atoms with Crippen LogP contribution in [0.5, 0.6) is 0 Å². The van der Waals surface area contributed by atoms with Gasteiger partial charge in [0.15, 0.2) is 0 Å². The Labute approximate surface area is 180 Å². The van der Waals surface area contributed by atoms with E-state index in [0.29, 0.717) is 24.7 Å². The van der Waals surface area contributed by atoms with Crippen LogP contribution < -0.4 is 5.32 Å². The SMILES string of the molecule is Cc1ccc(CNC(=O)[C@H]2[C@@H]3C=C[C@@]4(CN(Cc5ccccc5Cl)C(=O)[C@H]24)O3)cc1. The number of nitrogens with zero attached hydrogens (tertiary/aromatic N) is 1. The maximum absolute atomic E-state index is 13.3. The summed E-state index contributed by atoms with van der Waals surface area (Å²) in [5.41, 5.74) is 2.38. The lowest BCUT2D eigenvalue weighted by atomic mass is 9.77. The predicted molar refractivity (Wildman–Crippen MR) is 114 cm³/mol. The Hall–Kier alpha value is -2.63. The molecule has 3 heterocycles. The lowest BCUT2D eigenvalue weighted by Gasteiger charge is -2.23. The first-order chi connectivity index (χ1) is 14.5. The highest BCUT2D eigenvalue weighted by Gasteiger charge is 2.66. The molecule has 1 spiro atoms. The number of hydrogen-bond acceptors (Lipinski definition) is 3. The van der Waals surface area contributed by atoms with Gasteiger partial charge in [0.1, 0.15) is 5.60 Å². The van der Waals surface area contributed by atoms with Crippen LogP contribution in [0.1, 0.15) is 16.7 Å². The Kier molecular flexibility index (Phi) is 4.68. The van der Waals surface area contributed by atoms with Crippen LogP contribution in [0.3, 0.4) is 0 Å². The Balaban J connectivity index is 1.32. The van der Waals surface area contributed by atoms with Crippen LogP contribution in [0.4, 0.5) is 0 Å². The van der Waals surface area contributed by atoms with Crippen LogP contribution in [0.25, 0.3) is 0 Å². The van der Waals surface area contributed by atoms with Crippen molar-refractivity contribution in [1.29, 1.82) is 0 Å². The van der Waals surface area contributed by atoms with Gasteiger partial charge in [0.05, 0.1) is 24.5 Å². The fraction of sp³-hybridized carbons (Fsp3) is 0.333. The third-order valence-corrected chi connectivity index (χ3v) is 6.76. The molecule has 2 fully saturated rings. The standard InChI is InChI=1S/C24H23ClN2O3/c1-15-6-8-16(9-7-15)12-26-22(28)20-19-10-11-24(30-19)14-27(23(29)21(20)24)13-17-4-2-3-5-18(17)25/h2-11,19-21H,12-14H2,1H3,(H,26,28)/t19-,20-,21-,24-/m0/s1. The van der Waals surface area contributed by atoms with Crippen LogP contribution in [0.2, 0.25) is 5.02 Å². The predicted octanol–water partition coefficient (Wildman–Crippen LogP) is 3.25. The largest absolute Gasteiger partial charge is 0.360 e. The molecule has 2 aromatic rings. The number of benzene rings is 2. The summed E-state index contributed by atoms with van der Waals surface area (Å²) in [5, 5.41) is 3.64. The van der Waals surface area contributed by atoms with E-state index < -0.39 is 17.4 Å². The van der Waals surface area contributed by atoms with Gasteiger partial charge in [-0.05, 0) is 24.1 Å². The molecule has 3 aliphatic rings. The van der Waals surface area contributed by atoms with Crippen LogP contribution in [-0.4, -0.2) is 35.0 Å². The van der Waals surface area contributed by atoms with E-state index in [-0.39, 0.29) is 17.9 Å². The summed E-state index contributed by atoms with van der Waals surface area (Å²) in [5.74, 6) is -1.18. The molecule has 0 aliphatic carbocycles. The lowest BCUT2D eigenvalue weighted by Crippen LogP contribution is -2.43. The second-order valence-electron chi connectivity index (χ2n) is 8.39. The molecule has 6 heteroatoms. The number of nitrogens with one attached hydrogen (secondary N) is 1. The van der Waals surface area contributed by atoms with Crippen LogP contribution >= 0.6 is 11.6 Å². The normalized spacial score (nSPS) is 28.8. The van der Waals surface area contributed by atoms with Gasteiger partial charge in [0, 0.05) is 18.1 Å². The molecule has 154 valence electrons. The number of fused-ring (bicyclic) bond motifs is 1. The third-order valence-electron chi connectivity index (χ3n) is 6.39. The molecular formula is C24H23ClN2O3.